The molecule has 0 aromatic heterocycles. The summed E-state index contributed by atoms with van der Waals surface area (Å²) in [5.41, 5.74) is -0.592. The van der Waals surface area contributed by atoms with Gasteiger partial charge in [-0.1, -0.05) is 0 Å². The molecule has 1 atom stereocenters. The number of amides is 1. The Balaban J connectivity index is 1.79. The number of likely N-dealkylation sites (tertiary alicyclic amines) is 2. The minimum Gasteiger partial charge on any atom is -0.389 e. The van der Waals surface area contributed by atoms with Crippen LogP contribution in [0.25, 0.3) is 0 Å². The van der Waals surface area contributed by atoms with Crippen LogP contribution in [0.3, 0.4) is 0 Å². The highest BCUT2D eigenvalue weighted by Crippen LogP contribution is 2.20. The molecule has 2 fully saturated rings. The van der Waals surface area contributed by atoms with Gasteiger partial charge in [0.2, 0.25) is 5.91 Å². The Bertz CT molecular complexity index is 247. The standard InChI is InChI=1S/C11H20N2O2/c1-11(15)4-7-12(9-11)8-10(14)13-5-2-3-6-13/h15H,2-9H2,1H3. The third kappa shape index (κ3) is 2.69. The number of carbonyl (C=O) groups is 1. The highest BCUT2D eigenvalue weighted by Gasteiger charge is 2.33. The van der Waals surface area contributed by atoms with Gasteiger partial charge in [0.05, 0.1) is 12.1 Å². The van der Waals surface area contributed by atoms with Gasteiger partial charge in [0.15, 0.2) is 0 Å². The molecule has 1 N–H and O–H groups in total. The number of rotatable bonds is 2. The van der Waals surface area contributed by atoms with Gasteiger partial charge < -0.3 is 10.0 Å². The van der Waals surface area contributed by atoms with Crippen LogP contribution in [0.2, 0.25) is 0 Å². The Kier molecular flexibility index (Phi) is 2.98. The summed E-state index contributed by atoms with van der Waals surface area (Å²) in [5, 5.41) is 9.78. The smallest absolute Gasteiger partial charge is 0.236 e. The van der Waals surface area contributed by atoms with Crippen LogP contribution in [0.4, 0.5) is 0 Å². The van der Waals surface area contributed by atoms with E-state index in [1.807, 2.05) is 11.8 Å². The molecule has 2 aliphatic heterocycles. The van der Waals surface area contributed by atoms with Crippen LogP contribution in [-0.4, -0.2) is 59.1 Å². The molecule has 0 bridgehead atoms. The van der Waals surface area contributed by atoms with E-state index in [1.165, 1.54) is 0 Å². The van der Waals surface area contributed by atoms with Crippen molar-refractivity contribution < 1.29 is 9.90 Å². The number of β-amino-alcohol motifs (C(OH)–C–C–N with tert-alkyl or cyclic N) is 1. The summed E-state index contributed by atoms with van der Waals surface area (Å²) in [7, 11) is 0. The van der Waals surface area contributed by atoms with Crippen molar-refractivity contribution in [3.8, 4) is 0 Å². The van der Waals surface area contributed by atoms with Crippen molar-refractivity contribution in [1.29, 1.82) is 0 Å². The van der Waals surface area contributed by atoms with Gasteiger partial charge in [0.1, 0.15) is 0 Å². The van der Waals surface area contributed by atoms with E-state index < -0.39 is 5.60 Å². The first-order chi connectivity index (χ1) is 7.07. The molecule has 15 heavy (non-hydrogen) atoms. The maximum atomic E-state index is 11.8. The first kappa shape index (κ1) is 10.9. The van der Waals surface area contributed by atoms with Crippen LogP contribution in [0.15, 0.2) is 0 Å². The lowest BCUT2D eigenvalue weighted by Gasteiger charge is -2.21. The maximum Gasteiger partial charge on any atom is 0.236 e. The zero-order valence-electron chi connectivity index (χ0n) is 9.41. The molecule has 2 aliphatic rings. The summed E-state index contributed by atoms with van der Waals surface area (Å²) in [6.45, 7) is 5.63. The molecule has 0 spiro atoms. The summed E-state index contributed by atoms with van der Waals surface area (Å²) < 4.78 is 0. The SMILES string of the molecule is CC1(O)CCN(CC(=O)N2CCCC2)C1. The number of hydrogen-bond donors (Lipinski definition) is 1. The van der Waals surface area contributed by atoms with Crippen LogP contribution in [0.1, 0.15) is 26.2 Å². The van der Waals surface area contributed by atoms with E-state index in [4.69, 9.17) is 0 Å². The third-order valence-corrected chi connectivity index (χ3v) is 3.35. The molecular formula is C11H20N2O2. The van der Waals surface area contributed by atoms with Crippen molar-refractivity contribution in [2.24, 2.45) is 0 Å². The van der Waals surface area contributed by atoms with Gasteiger partial charge in [-0.05, 0) is 26.2 Å². The summed E-state index contributed by atoms with van der Waals surface area (Å²) in [6, 6.07) is 0. The van der Waals surface area contributed by atoms with Crippen molar-refractivity contribution in [2.45, 2.75) is 31.8 Å². The minimum atomic E-state index is -0.592. The van der Waals surface area contributed by atoms with E-state index in [0.717, 1.165) is 38.9 Å². The van der Waals surface area contributed by atoms with Gasteiger partial charge in [-0.3, -0.25) is 9.69 Å². The van der Waals surface area contributed by atoms with Crippen molar-refractivity contribution >= 4 is 5.91 Å². The van der Waals surface area contributed by atoms with Crippen molar-refractivity contribution in [1.82, 2.24) is 9.80 Å². The lowest BCUT2D eigenvalue weighted by Crippen LogP contribution is -2.39. The Morgan fingerprint density at radius 3 is 2.53 bits per heavy atom. The Morgan fingerprint density at radius 1 is 1.33 bits per heavy atom. The fraction of sp³-hybridized carbons (Fsp3) is 0.909. The quantitative estimate of drug-likeness (QED) is 0.704. The second-order valence-corrected chi connectivity index (χ2v) is 5.05. The fourth-order valence-electron chi connectivity index (χ4n) is 2.43. The largest absolute Gasteiger partial charge is 0.389 e. The van der Waals surface area contributed by atoms with E-state index in [1.54, 1.807) is 0 Å². The van der Waals surface area contributed by atoms with Gasteiger partial charge in [-0.2, -0.15) is 0 Å². The highest BCUT2D eigenvalue weighted by molar-refractivity contribution is 5.78. The van der Waals surface area contributed by atoms with Gasteiger partial charge in [-0.15, -0.1) is 0 Å². The van der Waals surface area contributed by atoms with E-state index >= 15 is 0 Å². The lowest BCUT2D eigenvalue weighted by atomic mass is 10.1. The first-order valence-corrected chi connectivity index (χ1v) is 5.79. The van der Waals surface area contributed by atoms with Crippen molar-refractivity contribution in [3.63, 3.8) is 0 Å². The molecule has 86 valence electrons. The summed E-state index contributed by atoms with van der Waals surface area (Å²) >= 11 is 0. The summed E-state index contributed by atoms with van der Waals surface area (Å²) in [6.07, 6.45) is 3.06. The molecule has 2 saturated heterocycles. The van der Waals surface area contributed by atoms with E-state index in [2.05, 4.69) is 4.90 Å². The Labute approximate surface area is 90.9 Å². The topological polar surface area (TPSA) is 43.8 Å². The number of nitrogens with zero attached hydrogens (tertiary/aromatic N) is 2. The second kappa shape index (κ2) is 4.10. The molecule has 0 saturated carbocycles. The predicted molar refractivity (Wildman–Crippen MR) is 57.5 cm³/mol. The van der Waals surface area contributed by atoms with E-state index in [-0.39, 0.29) is 5.91 Å². The fourth-order valence-corrected chi connectivity index (χ4v) is 2.43. The lowest BCUT2D eigenvalue weighted by molar-refractivity contribution is -0.131. The van der Waals surface area contributed by atoms with Crippen LogP contribution in [0.5, 0.6) is 0 Å². The molecule has 0 aromatic rings. The number of carbonyl (C=O) groups excluding carboxylic acids is 1. The van der Waals surface area contributed by atoms with Crippen LogP contribution in [0, 0.1) is 0 Å². The zero-order chi connectivity index (χ0) is 10.9. The highest BCUT2D eigenvalue weighted by atomic mass is 16.3. The molecular weight excluding hydrogens is 192 g/mol. The zero-order valence-corrected chi connectivity index (χ0v) is 9.41. The van der Waals surface area contributed by atoms with Gasteiger partial charge in [0, 0.05) is 26.2 Å². The minimum absolute atomic E-state index is 0.227. The molecule has 4 nitrogen and oxygen atoms in total. The molecule has 0 aliphatic carbocycles. The van der Waals surface area contributed by atoms with Crippen molar-refractivity contribution in [2.75, 3.05) is 32.7 Å². The molecule has 1 amide bonds. The van der Waals surface area contributed by atoms with Crippen LogP contribution in [-0.2, 0) is 4.79 Å². The first-order valence-electron chi connectivity index (χ1n) is 5.79. The molecule has 0 aromatic carbocycles. The van der Waals surface area contributed by atoms with Gasteiger partial charge in [-0.25, -0.2) is 0 Å². The molecule has 2 heterocycles. The average molecular weight is 212 g/mol. The van der Waals surface area contributed by atoms with Crippen molar-refractivity contribution in [3.05, 3.63) is 0 Å². The monoisotopic (exact) mass is 212 g/mol. The normalized spacial score (nSPS) is 32.5. The molecule has 0 radical (unpaired) electrons. The average Bonchev–Trinajstić information content (AvgIpc) is 2.74. The predicted octanol–water partition coefficient (Wildman–Crippen LogP) is 0.0655. The number of aliphatic hydroxyl groups is 1. The third-order valence-electron chi connectivity index (χ3n) is 3.35. The summed E-state index contributed by atoms with van der Waals surface area (Å²) in [5.74, 6) is 0.227. The van der Waals surface area contributed by atoms with E-state index in [0.29, 0.717) is 13.1 Å². The van der Waals surface area contributed by atoms with Crippen LogP contribution >= 0.6 is 0 Å². The van der Waals surface area contributed by atoms with Crippen LogP contribution < -0.4 is 0 Å². The maximum absolute atomic E-state index is 11.8. The Hall–Kier alpha value is -0.610. The number of hydrogen-bond acceptors (Lipinski definition) is 3. The molecule has 4 heteroatoms. The molecule has 2 rings (SSSR count). The van der Waals surface area contributed by atoms with E-state index in [9.17, 15) is 9.90 Å². The Morgan fingerprint density at radius 2 is 2.00 bits per heavy atom. The molecule has 1 unspecified atom stereocenters. The second-order valence-electron chi connectivity index (χ2n) is 5.05. The van der Waals surface area contributed by atoms with Gasteiger partial charge in [0.25, 0.3) is 0 Å². The van der Waals surface area contributed by atoms with Gasteiger partial charge >= 0.3 is 0 Å². The summed E-state index contributed by atoms with van der Waals surface area (Å²) in [4.78, 5) is 15.8.